The van der Waals surface area contributed by atoms with Crippen molar-refractivity contribution >= 4 is 17.9 Å². The van der Waals surface area contributed by atoms with E-state index in [0.717, 1.165) is 37.8 Å². The summed E-state index contributed by atoms with van der Waals surface area (Å²) in [6.45, 7) is 4.57. The highest BCUT2D eigenvalue weighted by Gasteiger charge is 2.31. The van der Waals surface area contributed by atoms with Crippen molar-refractivity contribution in [3.05, 3.63) is 29.3 Å². The van der Waals surface area contributed by atoms with Crippen LogP contribution in [-0.2, 0) is 15.7 Å². The minimum atomic E-state index is -4.47. The summed E-state index contributed by atoms with van der Waals surface area (Å²) in [5, 5.41) is 0. The molecule has 0 aliphatic heterocycles. The van der Waals surface area contributed by atoms with E-state index in [1.165, 1.54) is 13.0 Å². The normalized spacial score (nSPS) is 20.5. The molecule has 26 heavy (non-hydrogen) atoms. The zero-order valence-corrected chi connectivity index (χ0v) is 15.0. The molecule has 1 saturated carbocycles. The Hall–Kier alpha value is -2.05. The van der Waals surface area contributed by atoms with Gasteiger partial charge in [0.15, 0.2) is 6.29 Å². The number of nitrogens with zero attached hydrogens (tertiary/aromatic N) is 1. The summed E-state index contributed by atoms with van der Waals surface area (Å²) in [5.74, 6) is 0.0765. The fourth-order valence-corrected chi connectivity index (χ4v) is 3.49. The van der Waals surface area contributed by atoms with Crippen LogP contribution >= 0.6 is 0 Å². The van der Waals surface area contributed by atoms with Crippen molar-refractivity contribution in [3.63, 3.8) is 0 Å². The summed E-state index contributed by atoms with van der Waals surface area (Å²) >= 11 is 0. The van der Waals surface area contributed by atoms with Gasteiger partial charge in [0.05, 0.1) is 5.56 Å². The van der Waals surface area contributed by atoms with Gasteiger partial charge in [-0.3, -0.25) is 9.59 Å². The molecule has 0 unspecified atom stereocenters. The Morgan fingerprint density at radius 3 is 2.42 bits per heavy atom. The highest BCUT2D eigenvalue weighted by Crippen LogP contribution is 2.34. The summed E-state index contributed by atoms with van der Waals surface area (Å²) in [7, 11) is 0. The van der Waals surface area contributed by atoms with Crippen molar-refractivity contribution < 1.29 is 27.5 Å². The van der Waals surface area contributed by atoms with Crippen LogP contribution in [0.4, 0.5) is 18.9 Å². The van der Waals surface area contributed by atoms with Crippen molar-refractivity contribution in [1.82, 2.24) is 0 Å². The first-order chi connectivity index (χ1) is 12.2. The number of halogens is 3. The molecule has 1 aromatic rings. The lowest BCUT2D eigenvalue weighted by atomic mass is 9.86. The van der Waals surface area contributed by atoms with E-state index in [4.69, 9.17) is 4.74 Å². The number of esters is 1. The van der Waals surface area contributed by atoms with E-state index < -0.39 is 11.7 Å². The van der Waals surface area contributed by atoms with Crippen LogP contribution < -0.4 is 4.90 Å². The van der Waals surface area contributed by atoms with Crippen molar-refractivity contribution in [2.75, 3.05) is 18.0 Å². The fraction of sp³-hybridized carbons (Fsp3) is 0.579. The standard InChI is InChI=1S/C19H24F3NO3/c1-3-23(11-14-4-7-17(8-5-14)26-13(2)25)18-9-6-16(19(20,21)22)10-15(18)12-24/h6,9-10,12,14,17H,3-5,7-8,11H2,1-2H3. The Kier molecular flexibility index (Phi) is 6.67. The van der Waals surface area contributed by atoms with Gasteiger partial charge in [-0.1, -0.05) is 0 Å². The monoisotopic (exact) mass is 371 g/mol. The third-order valence-electron chi connectivity index (χ3n) is 4.81. The van der Waals surface area contributed by atoms with E-state index >= 15 is 0 Å². The maximum absolute atomic E-state index is 12.9. The Morgan fingerprint density at radius 2 is 1.92 bits per heavy atom. The van der Waals surface area contributed by atoms with Gasteiger partial charge in [-0.05, 0) is 56.7 Å². The Labute approximate surface area is 151 Å². The van der Waals surface area contributed by atoms with E-state index in [9.17, 15) is 22.8 Å². The van der Waals surface area contributed by atoms with Crippen LogP contribution in [0, 0.1) is 5.92 Å². The van der Waals surface area contributed by atoms with Crippen molar-refractivity contribution in [3.8, 4) is 0 Å². The minimum absolute atomic E-state index is 0.0459. The summed E-state index contributed by atoms with van der Waals surface area (Å²) in [4.78, 5) is 24.3. The highest BCUT2D eigenvalue weighted by molar-refractivity contribution is 5.85. The van der Waals surface area contributed by atoms with Gasteiger partial charge in [0, 0.05) is 31.3 Å². The van der Waals surface area contributed by atoms with Crippen molar-refractivity contribution in [2.24, 2.45) is 5.92 Å². The zero-order chi connectivity index (χ0) is 19.3. The van der Waals surface area contributed by atoms with Gasteiger partial charge < -0.3 is 9.64 Å². The van der Waals surface area contributed by atoms with Gasteiger partial charge in [0.2, 0.25) is 0 Å². The van der Waals surface area contributed by atoms with E-state index in [1.54, 1.807) is 0 Å². The van der Waals surface area contributed by atoms with Crippen LogP contribution in [0.5, 0.6) is 0 Å². The molecule has 0 aromatic heterocycles. The molecular formula is C19H24F3NO3. The Morgan fingerprint density at radius 1 is 1.27 bits per heavy atom. The minimum Gasteiger partial charge on any atom is -0.463 e. The molecule has 4 nitrogen and oxygen atoms in total. The molecule has 0 N–H and O–H groups in total. The largest absolute Gasteiger partial charge is 0.463 e. The van der Waals surface area contributed by atoms with Gasteiger partial charge in [-0.25, -0.2) is 0 Å². The molecule has 1 aliphatic carbocycles. The van der Waals surface area contributed by atoms with Gasteiger partial charge in [0.25, 0.3) is 0 Å². The third-order valence-corrected chi connectivity index (χ3v) is 4.81. The van der Waals surface area contributed by atoms with E-state index in [1.807, 2.05) is 11.8 Å². The molecule has 0 atom stereocenters. The topological polar surface area (TPSA) is 46.6 Å². The quantitative estimate of drug-likeness (QED) is 0.547. The first-order valence-electron chi connectivity index (χ1n) is 8.83. The van der Waals surface area contributed by atoms with E-state index in [2.05, 4.69) is 0 Å². The fourth-order valence-electron chi connectivity index (χ4n) is 3.49. The second-order valence-corrected chi connectivity index (χ2v) is 6.68. The van der Waals surface area contributed by atoms with Gasteiger partial charge in [-0.15, -0.1) is 0 Å². The second kappa shape index (κ2) is 8.56. The number of anilines is 1. The third kappa shape index (κ3) is 5.22. The van der Waals surface area contributed by atoms with Crippen LogP contribution in [-0.4, -0.2) is 31.4 Å². The molecule has 1 fully saturated rings. The van der Waals surface area contributed by atoms with Crippen molar-refractivity contribution in [1.29, 1.82) is 0 Å². The van der Waals surface area contributed by atoms with Gasteiger partial charge >= 0.3 is 12.1 Å². The number of carbonyl (C=O) groups excluding carboxylic acids is 2. The van der Waals surface area contributed by atoms with Crippen LogP contribution in [0.1, 0.15) is 55.5 Å². The van der Waals surface area contributed by atoms with Crippen molar-refractivity contribution in [2.45, 2.75) is 51.8 Å². The molecule has 0 amide bonds. The van der Waals surface area contributed by atoms with E-state index in [-0.39, 0.29) is 17.6 Å². The number of alkyl halides is 3. The molecule has 0 saturated heterocycles. The second-order valence-electron chi connectivity index (χ2n) is 6.68. The number of hydrogen-bond acceptors (Lipinski definition) is 4. The molecule has 0 radical (unpaired) electrons. The van der Waals surface area contributed by atoms with E-state index in [0.29, 0.717) is 31.0 Å². The molecule has 1 aromatic carbocycles. The summed E-state index contributed by atoms with van der Waals surface area (Å²) in [6.07, 6.45) is -0.704. The van der Waals surface area contributed by atoms with Crippen LogP contribution in [0.3, 0.4) is 0 Å². The number of carbonyl (C=O) groups is 2. The summed E-state index contributed by atoms with van der Waals surface area (Å²) in [5.41, 5.74) is -0.242. The summed E-state index contributed by atoms with van der Waals surface area (Å²) < 4.78 is 43.8. The molecule has 0 bridgehead atoms. The van der Waals surface area contributed by atoms with Crippen LogP contribution in [0.25, 0.3) is 0 Å². The van der Waals surface area contributed by atoms with Gasteiger partial charge in [0.1, 0.15) is 6.10 Å². The predicted octanol–water partition coefficient (Wildman–Crippen LogP) is 4.47. The smallest absolute Gasteiger partial charge is 0.416 e. The maximum atomic E-state index is 12.9. The molecule has 0 spiro atoms. The molecule has 7 heteroatoms. The number of hydrogen-bond donors (Lipinski definition) is 0. The Bertz CT molecular complexity index is 637. The first-order valence-corrected chi connectivity index (χ1v) is 8.83. The predicted molar refractivity (Wildman–Crippen MR) is 92.2 cm³/mol. The maximum Gasteiger partial charge on any atom is 0.416 e. The highest BCUT2D eigenvalue weighted by atomic mass is 19.4. The average Bonchev–Trinajstić information content (AvgIpc) is 2.59. The molecular weight excluding hydrogens is 347 g/mol. The lowest BCUT2D eigenvalue weighted by Gasteiger charge is -2.33. The molecule has 0 heterocycles. The SMILES string of the molecule is CCN(CC1CCC(OC(C)=O)CC1)c1ccc(C(F)(F)F)cc1C=O. The molecule has 2 rings (SSSR count). The lowest BCUT2D eigenvalue weighted by molar-refractivity contribution is -0.148. The van der Waals surface area contributed by atoms with Crippen LogP contribution in [0.15, 0.2) is 18.2 Å². The lowest BCUT2D eigenvalue weighted by Crippen LogP contribution is -2.33. The number of benzene rings is 1. The summed E-state index contributed by atoms with van der Waals surface area (Å²) in [6, 6.07) is 3.30. The zero-order valence-electron chi connectivity index (χ0n) is 15.0. The van der Waals surface area contributed by atoms with Crippen LogP contribution in [0.2, 0.25) is 0 Å². The van der Waals surface area contributed by atoms with Gasteiger partial charge in [-0.2, -0.15) is 13.2 Å². The number of ether oxygens (including phenoxy) is 1. The average molecular weight is 371 g/mol. The number of rotatable bonds is 6. The number of aldehydes is 1. The molecule has 1 aliphatic rings. The Balaban J connectivity index is 2.07. The molecule has 144 valence electrons. The first kappa shape index (κ1) is 20.3.